The Balaban J connectivity index is 1.48. The highest BCUT2D eigenvalue weighted by molar-refractivity contribution is 7.99. The van der Waals surface area contributed by atoms with Gasteiger partial charge in [-0.25, -0.2) is 0 Å². The first-order valence-electron chi connectivity index (χ1n) is 9.30. The molecular weight excluding hydrogens is 416 g/mol. The summed E-state index contributed by atoms with van der Waals surface area (Å²) in [6.07, 6.45) is 0. The van der Waals surface area contributed by atoms with Crippen molar-refractivity contribution in [3.05, 3.63) is 77.7 Å². The first-order valence-corrected chi connectivity index (χ1v) is 11.2. The van der Waals surface area contributed by atoms with E-state index in [1.807, 2.05) is 60.0 Å². The molecule has 0 aliphatic heterocycles. The molecule has 0 saturated heterocycles. The quantitative estimate of drug-likeness (QED) is 0.402. The van der Waals surface area contributed by atoms with Crippen LogP contribution in [0.3, 0.4) is 0 Å². The number of ether oxygens (including phenoxy) is 1. The largest absolute Gasteiger partial charge is 0.497 e. The highest BCUT2D eigenvalue weighted by atomic mass is 32.2. The van der Waals surface area contributed by atoms with E-state index < -0.39 is 0 Å². The van der Waals surface area contributed by atoms with Crippen LogP contribution in [0.15, 0.2) is 77.3 Å². The Morgan fingerprint density at radius 2 is 1.87 bits per heavy atom. The van der Waals surface area contributed by atoms with Crippen LogP contribution in [-0.2, 0) is 11.3 Å². The van der Waals surface area contributed by atoms with Crippen molar-refractivity contribution in [1.29, 1.82) is 0 Å². The molecule has 2 aromatic heterocycles. The molecule has 0 saturated carbocycles. The van der Waals surface area contributed by atoms with Gasteiger partial charge in [-0.3, -0.25) is 9.36 Å². The van der Waals surface area contributed by atoms with Crippen LogP contribution in [0.4, 0.5) is 5.69 Å². The van der Waals surface area contributed by atoms with E-state index in [1.165, 1.54) is 11.8 Å². The number of carbonyl (C=O) groups is 1. The Bertz CT molecular complexity index is 1090. The maximum Gasteiger partial charge on any atom is 0.234 e. The summed E-state index contributed by atoms with van der Waals surface area (Å²) >= 11 is 3.00. The Morgan fingerprint density at radius 3 is 2.57 bits per heavy atom. The number of nitrogens with zero attached hydrogens (tertiary/aromatic N) is 3. The van der Waals surface area contributed by atoms with Gasteiger partial charge in [0.1, 0.15) is 5.75 Å². The van der Waals surface area contributed by atoms with E-state index in [9.17, 15) is 4.79 Å². The van der Waals surface area contributed by atoms with E-state index in [0.29, 0.717) is 11.7 Å². The van der Waals surface area contributed by atoms with Gasteiger partial charge in [0.2, 0.25) is 5.91 Å². The number of carbonyl (C=O) groups excluding carboxylic acids is 1. The predicted octanol–water partition coefficient (Wildman–Crippen LogP) is 4.79. The summed E-state index contributed by atoms with van der Waals surface area (Å²) in [5.74, 6) is 1.70. The van der Waals surface area contributed by atoms with Crippen LogP contribution < -0.4 is 10.1 Å². The molecule has 0 bridgehead atoms. The van der Waals surface area contributed by atoms with Crippen molar-refractivity contribution in [3.8, 4) is 16.5 Å². The molecule has 0 aliphatic carbocycles. The monoisotopic (exact) mass is 436 g/mol. The third kappa shape index (κ3) is 4.90. The lowest BCUT2D eigenvalue weighted by Crippen LogP contribution is -2.14. The van der Waals surface area contributed by atoms with Crippen molar-refractivity contribution in [2.45, 2.75) is 11.7 Å². The maximum absolute atomic E-state index is 12.4. The van der Waals surface area contributed by atoms with E-state index in [4.69, 9.17) is 4.74 Å². The number of rotatable bonds is 8. The molecule has 0 aliphatic rings. The van der Waals surface area contributed by atoms with E-state index in [2.05, 4.69) is 32.2 Å². The molecule has 1 N–H and O–H groups in total. The standard InChI is InChI=1S/C22H20N4O2S2/c1-28-18-11-9-17(10-12-18)23-20(27)15-30-22-25-24-21(19-8-5-13-29-19)26(22)14-16-6-3-2-4-7-16/h2-13H,14-15H2,1H3,(H,23,27). The lowest BCUT2D eigenvalue weighted by molar-refractivity contribution is -0.113. The predicted molar refractivity (Wildman–Crippen MR) is 121 cm³/mol. The molecule has 30 heavy (non-hydrogen) atoms. The van der Waals surface area contributed by atoms with Gasteiger partial charge < -0.3 is 10.1 Å². The molecule has 0 unspecified atom stereocenters. The van der Waals surface area contributed by atoms with Gasteiger partial charge in [0.15, 0.2) is 11.0 Å². The van der Waals surface area contributed by atoms with Gasteiger partial charge in [0.05, 0.1) is 24.3 Å². The second kappa shape index (κ2) is 9.60. The van der Waals surface area contributed by atoms with Crippen molar-refractivity contribution in [3.63, 3.8) is 0 Å². The molecule has 1 amide bonds. The van der Waals surface area contributed by atoms with Gasteiger partial charge in [-0.15, -0.1) is 21.5 Å². The summed E-state index contributed by atoms with van der Waals surface area (Å²) in [5, 5.41) is 14.4. The minimum Gasteiger partial charge on any atom is -0.497 e. The number of amides is 1. The summed E-state index contributed by atoms with van der Waals surface area (Å²) < 4.78 is 7.20. The summed E-state index contributed by atoms with van der Waals surface area (Å²) in [5.41, 5.74) is 1.88. The average Bonchev–Trinajstić information content (AvgIpc) is 3.44. The summed E-state index contributed by atoms with van der Waals surface area (Å²) in [7, 11) is 1.61. The number of aromatic nitrogens is 3. The summed E-state index contributed by atoms with van der Waals surface area (Å²) in [4.78, 5) is 13.5. The van der Waals surface area contributed by atoms with Crippen molar-refractivity contribution in [1.82, 2.24) is 14.8 Å². The van der Waals surface area contributed by atoms with Crippen LogP contribution in [0.5, 0.6) is 5.75 Å². The molecule has 0 spiro atoms. The lowest BCUT2D eigenvalue weighted by Gasteiger charge is -2.10. The number of anilines is 1. The highest BCUT2D eigenvalue weighted by Crippen LogP contribution is 2.28. The molecule has 0 radical (unpaired) electrons. The topological polar surface area (TPSA) is 69.0 Å². The van der Waals surface area contributed by atoms with Gasteiger partial charge in [-0.05, 0) is 41.3 Å². The van der Waals surface area contributed by atoms with Crippen molar-refractivity contribution < 1.29 is 9.53 Å². The summed E-state index contributed by atoms with van der Waals surface area (Å²) in [6.45, 7) is 0.642. The Morgan fingerprint density at radius 1 is 1.07 bits per heavy atom. The number of benzene rings is 2. The number of hydrogen-bond acceptors (Lipinski definition) is 6. The van der Waals surface area contributed by atoms with Crippen LogP contribution in [0.1, 0.15) is 5.56 Å². The van der Waals surface area contributed by atoms with Crippen LogP contribution in [0.25, 0.3) is 10.7 Å². The van der Waals surface area contributed by atoms with Crippen LogP contribution in [0, 0.1) is 0 Å². The zero-order valence-electron chi connectivity index (χ0n) is 16.3. The van der Waals surface area contributed by atoms with Gasteiger partial charge in [0, 0.05) is 5.69 Å². The number of hydrogen-bond donors (Lipinski definition) is 1. The Kier molecular flexibility index (Phi) is 6.46. The number of thiophene rings is 1. The number of thioether (sulfide) groups is 1. The van der Waals surface area contributed by atoms with Gasteiger partial charge in [0.25, 0.3) is 0 Å². The van der Waals surface area contributed by atoms with E-state index >= 15 is 0 Å². The second-order valence-corrected chi connectivity index (χ2v) is 8.31. The van der Waals surface area contributed by atoms with Gasteiger partial charge in [-0.1, -0.05) is 48.2 Å². The molecule has 2 aromatic carbocycles. The second-order valence-electron chi connectivity index (χ2n) is 6.42. The molecular formula is C22H20N4O2S2. The molecule has 4 aromatic rings. The van der Waals surface area contributed by atoms with E-state index in [-0.39, 0.29) is 11.7 Å². The van der Waals surface area contributed by atoms with Crippen molar-refractivity contribution in [2.24, 2.45) is 0 Å². The van der Waals surface area contributed by atoms with Crippen molar-refractivity contribution in [2.75, 3.05) is 18.2 Å². The van der Waals surface area contributed by atoms with Crippen LogP contribution in [0.2, 0.25) is 0 Å². The molecule has 2 heterocycles. The SMILES string of the molecule is COc1ccc(NC(=O)CSc2nnc(-c3cccs3)n2Cc2ccccc2)cc1. The summed E-state index contributed by atoms with van der Waals surface area (Å²) in [6, 6.07) is 21.4. The first kappa shape index (κ1) is 20.2. The fourth-order valence-corrected chi connectivity index (χ4v) is 4.35. The maximum atomic E-state index is 12.4. The third-order valence-corrected chi connectivity index (χ3v) is 6.18. The fourth-order valence-electron chi connectivity index (χ4n) is 2.89. The molecule has 6 nitrogen and oxygen atoms in total. The van der Waals surface area contributed by atoms with Crippen LogP contribution >= 0.6 is 23.1 Å². The van der Waals surface area contributed by atoms with E-state index in [0.717, 1.165) is 27.7 Å². The Labute approximate surface area is 182 Å². The lowest BCUT2D eigenvalue weighted by atomic mass is 10.2. The van der Waals surface area contributed by atoms with Crippen molar-refractivity contribution >= 4 is 34.7 Å². The zero-order valence-corrected chi connectivity index (χ0v) is 18.0. The zero-order chi connectivity index (χ0) is 20.8. The van der Waals surface area contributed by atoms with Gasteiger partial charge in [-0.2, -0.15) is 0 Å². The molecule has 4 rings (SSSR count). The minimum atomic E-state index is -0.0999. The first-order chi connectivity index (χ1) is 14.7. The molecule has 152 valence electrons. The fraction of sp³-hybridized carbons (Fsp3) is 0.136. The molecule has 8 heteroatoms. The normalized spacial score (nSPS) is 10.7. The molecule has 0 fully saturated rings. The Hall–Kier alpha value is -3.10. The van der Waals surface area contributed by atoms with E-state index in [1.54, 1.807) is 18.4 Å². The third-order valence-electron chi connectivity index (χ3n) is 4.35. The molecule has 0 atom stereocenters. The minimum absolute atomic E-state index is 0.0999. The highest BCUT2D eigenvalue weighted by Gasteiger charge is 2.17. The van der Waals surface area contributed by atoms with Crippen LogP contribution in [-0.4, -0.2) is 33.5 Å². The van der Waals surface area contributed by atoms with Gasteiger partial charge >= 0.3 is 0 Å². The number of nitrogens with one attached hydrogen (secondary N) is 1. The number of methoxy groups -OCH3 is 1. The smallest absolute Gasteiger partial charge is 0.234 e. The average molecular weight is 437 g/mol.